The number of likely N-dealkylation sites (tertiary alicyclic amines) is 1. The molecule has 1 aromatic carbocycles. The second kappa shape index (κ2) is 7.37. The molecule has 0 atom stereocenters. The molecule has 0 radical (unpaired) electrons. The Morgan fingerprint density at radius 1 is 1.25 bits per heavy atom. The highest BCUT2D eigenvalue weighted by atomic mass is 32.1. The minimum atomic E-state index is 0.0557. The molecule has 1 saturated heterocycles. The van der Waals surface area contributed by atoms with Crippen molar-refractivity contribution in [2.24, 2.45) is 0 Å². The molecule has 1 aliphatic rings. The van der Waals surface area contributed by atoms with Gasteiger partial charge in [0.05, 0.1) is 23.6 Å². The number of thiophene rings is 1. The number of piperidine rings is 1. The molecular weight excluding hydrogens is 324 g/mol. The molecule has 6 heteroatoms. The van der Waals surface area contributed by atoms with E-state index in [0.717, 1.165) is 24.3 Å². The van der Waals surface area contributed by atoms with E-state index in [0.29, 0.717) is 23.5 Å². The predicted octanol–water partition coefficient (Wildman–Crippen LogP) is 3.31. The van der Waals surface area contributed by atoms with Crippen LogP contribution in [-0.4, -0.2) is 37.1 Å². The maximum atomic E-state index is 12.5. The summed E-state index contributed by atoms with van der Waals surface area (Å²) in [6.07, 6.45) is 1.70. The highest BCUT2D eigenvalue weighted by Crippen LogP contribution is 2.25. The van der Waals surface area contributed by atoms with Crippen LogP contribution < -0.4 is 9.47 Å². The molecule has 2 aromatic rings. The van der Waals surface area contributed by atoms with E-state index >= 15 is 0 Å². The fourth-order valence-corrected chi connectivity index (χ4v) is 3.49. The van der Waals surface area contributed by atoms with Gasteiger partial charge in [0.1, 0.15) is 17.6 Å². The lowest BCUT2D eigenvalue weighted by atomic mass is 10.1. The summed E-state index contributed by atoms with van der Waals surface area (Å²) in [7, 11) is 1.60. The Morgan fingerprint density at radius 2 is 1.96 bits per heavy atom. The number of hydrogen-bond donors (Lipinski definition) is 0. The first kappa shape index (κ1) is 16.3. The monoisotopic (exact) mass is 342 g/mol. The van der Waals surface area contributed by atoms with E-state index in [1.54, 1.807) is 25.3 Å². The quantitative estimate of drug-likeness (QED) is 0.855. The van der Waals surface area contributed by atoms with Gasteiger partial charge in [0.2, 0.25) is 0 Å². The average Bonchev–Trinajstić information content (AvgIpc) is 3.11. The molecule has 0 aliphatic carbocycles. The lowest BCUT2D eigenvalue weighted by molar-refractivity contribution is 0.0600. The maximum absolute atomic E-state index is 12.5. The largest absolute Gasteiger partial charge is 0.496 e. The van der Waals surface area contributed by atoms with Gasteiger partial charge in [-0.1, -0.05) is 0 Å². The molecule has 3 rings (SSSR count). The second-order valence-corrected chi connectivity index (χ2v) is 6.51. The lowest BCUT2D eigenvalue weighted by Gasteiger charge is -2.32. The number of nitrogens with zero attached hydrogens (tertiary/aromatic N) is 2. The zero-order valence-corrected chi connectivity index (χ0v) is 14.2. The number of ether oxygens (including phenoxy) is 2. The van der Waals surface area contributed by atoms with Crippen LogP contribution in [0.4, 0.5) is 0 Å². The Bertz CT molecular complexity index is 740. The summed E-state index contributed by atoms with van der Waals surface area (Å²) >= 11 is 1.41. The summed E-state index contributed by atoms with van der Waals surface area (Å²) in [5.41, 5.74) is 0.620. The maximum Gasteiger partial charge on any atom is 0.264 e. The van der Waals surface area contributed by atoms with E-state index < -0.39 is 0 Å². The van der Waals surface area contributed by atoms with Gasteiger partial charge in [-0.15, -0.1) is 11.3 Å². The van der Waals surface area contributed by atoms with Crippen molar-refractivity contribution in [1.29, 1.82) is 5.26 Å². The van der Waals surface area contributed by atoms with Gasteiger partial charge < -0.3 is 14.4 Å². The highest BCUT2D eigenvalue weighted by Gasteiger charge is 2.25. The van der Waals surface area contributed by atoms with Crippen LogP contribution in [-0.2, 0) is 0 Å². The summed E-state index contributed by atoms with van der Waals surface area (Å²) in [5.74, 6) is 1.55. The first-order valence-corrected chi connectivity index (χ1v) is 8.66. The van der Waals surface area contributed by atoms with Crippen LogP contribution in [0.1, 0.15) is 28.1 Å². The average molecular weight is 342 g/mol. The van der Waals surface area contributed by atoms with Crippen LogP contribution in [0, 0.1) is 11.3 Å². The van der Waals surface area contributed by atoms with Crippen molar-refractivity contribution in [3.63, 3.8) is 0 Å². The lowest BCUT2D eigenvalue weighted by Crippen LogP contribution is -2.41. The molecular formula is C18H18N2O3S. The molecule has 2 heterocycles. The van der Waals surface area contributed by atoms with Gasteiger partial charge in [0.25, 0.3) is 5.91 Å². The smallest absolute Gasteiger partial charge is 0.264 e. The van der Waals surface area contributed by atoms with Gasteiger partial charge in [0, 0.05) is 37.4 Å². The van der Waals surface area contributed by atoms with E-state index in [1.165, 1.54) is 11.3 Å². The number of hydrogen-bond acceptors (Lipinski definition) is 5. The van der Waals surface area contributed by atoms with E-state index in [9.17, 15) is 4.79 Å². The molecule has 1 amide bonds. The van der Waals surface area contributed by atoms with Gasteiger partial charge in [-0.2, -0.15) is 5.26 Å². The Morgan fingerprint density at radius 3 is 2.54 bits per heavy atom. The van der Waals surface area contributed by atoms with Crippen LogP contribution in [0.3, 0.4) is 0 Å². The molecule has 24 heavy (non-hydrogen) atoms. The van der Waals surface area contributed by atoms with Crippen LogP contribution in [0.2, 0.25) is 0 Å². The standard InChI is InChI=1S/C18H18N2O3S/c1-22-16-10-17(24-12-16)18(21)20-8-6-15(7-9-20)23-14-4-2-13(11-19)3-5-14/h2-5,10,12,15H,6-9H2,1H3. The topological polar surface area (TPSA) is 62.6 Å². The van der Waals surface area contributed by atoms with Crippen molar-refractivity contribution in [2.45, 2.75) is 18.9 Å². The third kappa shape index (κ3) is 3.69. The SMILES string of the molecule is COc1csc(C(=O)N2CCC(Oc3ccc(C#N)cc3)CC2)c1. The number of carbonyl (C=O) groups is 1. The Hall–Kier alpha value is -2.52. The Kier molecular flexibility index (Phi) is 5.02. The minimum Gasteiger partial charge on any atom is -0.496 e. The molecule has 1 aliphatic heterocycles. The first-order valence-electron chi connectivity index (χ1n) is 7.78. The van der Waals surface area contributed by atoms with E-state index in [1.807, 2.05) is 22.4 Å². The molecule has 0 N–H and O–H groups in total. The predicted molar refractivity (Wildman–Crippen MR) is 91.6 cm³/mol. The van der Waals surface area contributed by atoms with Gasteiger partial charge >= 0.3 is 0 Å². The summed E-state index contributed by atoms with van der Waals surface area (Å²) in [5, 5.41) is 10.6. The zero-order valence-electron chi connectivity index (χ0n) is 13.4. The zero-order chi connectivity index (χ0) is 16.9. The van der Waals surface area contributed by atoms with Crippen molar-refractivity contribution in [1.82, 2.24) is 4.90 Å². The summed E-state index contributed by atoms with van der Waals surface area (Å²) in [6, 6.07) is 11.0. The summed E-state index contributed by atoms with van der Waals surface area (Å²) in [4.78, 5) is 15.0. The number of benzene rings is 1. The molecule has 1 aromatic heterocycles. The molecule has 0 saturated carbocycles. The van der Waals surface area contributed by atoms with Crippen LogP contribution in [0.15, 0.2) is 35.7 Å². The minimum absolute atomic E-state index is 0.0557. The van der Waals surface area contributed by atoms with Gasteiger partial charge in [0.15, 0.2) is 0 Å². The Balaban J connectivity index is 1.53. The van der Waals surface area contributed by atoms with Crippen molar-refractivity contribution in [3.8, 4) is 17.6 Å². The fraction of sp³-hybridized carbons (Fsp3) is 0.333. The highest BCUT2D eigenvalue weighted by molar-refractivity contribution is 7.12. The molecule has 0 unspecified atom stereocenters. The third-order valence-electron chi connectivity index (χ3n) is 4.04. The normalized spacial score (nSPS) is 14.9. The molecule has 5 nitrogen and oxygen atoms in total. The summed E-state index contributed by atoms with van der Waals surface area (Å²) < 4.78 is 11.1. The number of carbonyl (C=O) groups excluding carboxylic acids is 1. The van der Waals surface area contributed by atoms with E-state index in [-0.39, 0.29) is 12.0 Å². The number of amides is 1. The first-order chi connectivity index (χ1) is 11.7. The van der Waals surface area contributed by atoms with Gasteiger partial charge in [-0.05, 0) is 24.3 Å². The Labute approximate surface area is 145 Å². The van der Waals surface area contributed by atoms with E-state index in [4.69, 9.17) is 14.7 Å². The molecule has 0 spiro atoms. The van der Waals surface area contributed by atoms with Crippen molar-refractivity contribution >= 4 is 17.2 Å². The number of methoxy groups -OCH3 is 1. The van der Waals surface area contributed by atoms with E-state index in [2.05, 4.69) is 6.07 Å². The van der Waals surface area contributed by atoms with Crippen molar-refractivity contribution in [3.05, 3.63) is 46.2 Å². The van der Waals surface area contributed by atoms with Crippen LogP contribution in [0.5, 0.6) is 11.5 Å². The van der Waals surface area contributed by atoms with Crippen molar-refractivity contribution < 1.29 is 14.3 Å². The second-order valence-electron chi connectivity index (χ2n) is 5.60. The molecule has 1 fully saturated rings. The number of nitriles is 1. The third-order valence-corrected chi connectivity index (χ3v) is 4.93. The fourth-order valence-electron chi connectivity index (χ4n) is 2.67. The molecule has 0 bridgehead atoms. The number of rotatable bonds is 4. The van der Waals surface area contributed by atoms with Crippen LogP contribution in [0.25, 0.3) is 0 Å². The summed E-state index contributed by atoms with van der Waals surface area (Å²) in [6.45, 7) is 1.36. The van der Waals surface area contributed by atoms with Gasteiger partial charge in [-0.25, -0.2) is 0 Å². The van der Waals surface area contributed by atoms with Crippen LogP contribution >= 0.6 is 11.3 Å². The van der Waals surface area contributed by atoms with Gasteiger partial charge in [-0.3, -0.25) is 4.79 Å². The van der Waals surface area contributed by atoms with Crippen molar-refractivity contribution in [2.75, 3.05) is 20.2 Å². The molecule has 124 valence electrons.